The maximum atomic E-state index is 12.6. The maximum Gasteiger partial charge on any atom is 0.317 e. The van der Waals surface area contributed by atoms with E-state index >= 15 is 0 Å². The first-order valence-electron chi connectivity index (χ1n) is 9.63. The molecule has 134 valence electrons. The molecule has 2 amide bonds. The van der Waals surface area contributed by atoms with Gasteiger partial charge in [0.15, 0.2) is 5.65 Å². The molecule has 4 rings (SSSR count). The molecular weight excluding hydrogens is 314 g/mol. The number of carbonyl (C=O) groups is 1. The topological polar surface area (TPSA) is 63.1 Å². The number of hydrogen-bond donors (Lipinski definition) is 1. The van der Waals surface area contributed by atoms with Gasteiger partial charge in [0.25, 0.3) is 0 Å². The number of imidazole rings is 1. The van der Waals surface area contributed by atoms with Crippen LogP contribution in [0.1, 0.15) is 57.3 Å². The first-order chi connectivity index (χ1) is 12.3. The first-order valence-corrected chi connectivity index (χ1v) is 9.63. The molecule has 1 unspecified atom stereocenters. The summed E-state index contributed by atoms with van der Waals surface area (Å²) in [6.07, 6.45) is 9.52. The van der Waals surface area contributed by atoms with E-state index < -0.39 is 0 Å². The quantitative estimate of drug-likeness (QED) is 0.928. The molecule has 0 aromatic carbocycles. The molecule has 0 radical (unpaired) electrons. The molecular formula is C19H27N5O. The maximum absolute atomic E-state index is 12.6. The third-order valence-electron chi connectivity index (χ3n) is 5.49. The second-order valence-corrected chi connectivity index (χ2v) is 7.31. The standard InChI is InChI=1S/C19H27N5O/c1-2-6-17-22-16-9-5-11-20-18(16)24(17)15-10-12-23(13-15)19(25)21-14-7-3-4-8-14/h5,9,11,14-15H,2-4,6-8,10,12-13H2,1H3,(H,21,25). The van der Waals surface area contributed by atoms with Crippen LogP contribution in [-0.2, 0) is 6.42 Å². The van der Waals surface area contributed by atoms with E-state index in [0.29, 0.717) is 6.04 Å². The Morgan fingerprint density at radius 1 is 1.32 bits per heavy atom. The fourth-order valence-electron chi connectivity index (χ4n) is 4.23. The molecule has 2 aromatic rings. The van der Waals surface area contributed by atoms with Crippen molar-refractivity contribution in [2.45, 2.75) is 64.0 Å². The lowest BCUT2D eigenvalue weighted by molar-refractivity contribution is 0.203. The highest BCUT2D eigenvalue weighted by atomic mass is 16.2. The van der Waals surface area contributed by atoms with Gasteiger partial charge >= 0.3 is 6.03 Å². The van der Waals surface area contributed by atoms with Crippen molar-refractivity contribution in [1.29, 1.82) is 0 Å². The summed E-state index contributed by atoms with van der Waals surface area (Å²) in [5.41, 5.74) is 1.91. The lowest BCUT2D eigenvalue weighted by atomic mass is 10.2. The molecule has 1 aliphatic carbocycles. The monoisotopic (exact) mass is 341 g/mol. The van der Waals surface area contributed by atoms with Gasteiger partial charge in [-0.1, -0.05) is 19.8 Å². The fourth-order valence-corrected chi connectivity index (χ4v) is 4.23. The summed E-state index contributed by atoms with van der Waals surface area (Å²) in [5.74, 6) is 1.10. The Kier molecular flexibility index (Phi) is 4.59. The summed E-state index contributed by atoms with van der Waals surface area (Å²) in [6.45, 7) is 3.73. The van der Waals surface area contributed by atoms with Gasteiger partial charge in [-0.05, 0) is 37.8 Å². The molecule has 3 heterocycles. The van der Waals surface area contributed by atoms with Crippen molar-refractivity contribution in [2.75, 3.05) is 13.1 Å². The number of hydrogen-bond acceptors (Lipinski definition) is 3. The smallest absolute Gasteiger partial charge is 0.317 e. The van der Waals surface area contributed by atoms with Crippen LogP contribution in [0.5, 0.6) is 0 Å². The van der Waals surface area contributed by atoms with Crippen molar-refractivity contribution in [3.8, 4) is 0 Å². The SMILES string of the molecule is CCCc1nc2cccnc2n1C1CCN(C(=O)NC2CCCC2)C1. The molecule has 6 heteroatoms. The van der Waals surface area contributed by atoms with E-state index in [1.165, 1.54) is 12.8 Å². The van der Waals surface area contributed by atoms with E-state index in [0.717, 1.165) is 62.2 Å². The molecule has 0 bridgehead atoms. The normalized spacial score (nSPS) is 21.3. The van der Waals surface area contributed by atoms with Crippen LogP contribution in [-0.4, -0.2) is 44.6 Å². The van der Waals surface area contributed by atoms with Crippen LogP contribution in [0.15, 0.2) is 18.3 Å². The Hall–Kier alpha value is -2.11. The number of carbonyl (C=O) groups excluding carboxylic acids is 1. The highest BCUT2D eigenvalue weighted by molar-refractivity contribution is 5.75. The summed E-state index contributed by atoms with van der Waals surface area (Å²) in [4.78, 5) is 23.9. The second kappa shape index (κ2) is 7.02. The number of pyridine rings is 1. The van der Waals surface area contributed by atoms with Gasteiger partial charge in [0.2, 0.25) is 0 Å². The van der Waals surface area contributed by atoms with Crippen LogP contribution in [0.4, 0.5) is 4.79 Å². The number of fused-ring (bicyclic) bond motifs is 1. The minimum atomic E-state index is 0.101. The van der Waals surface area contributed by atoms with Gasteiger partial charge < -0.3 is 14.8 Å². The first kappa shape index (κ1) is 16.4. The van der Waals surface area contributed by atoms with Crippen LogP contribution in [0.25, 0.3) is 11.2 Å². The number of nitrogens with one attached hydrogen (secondary N) is 1. The van der Waals surface area contributed by atoms with Crippen molar-refractivity contribution in [1.82, 2.24) is 24.8 Å². The average Bonchev–Trinajstić information content (AvgIpc) is 3.33. The van der Waals surface area contributed by atoms with E-state index in [4.69, 9.17) is 4.98 Å². The molecule has 2 aliphatic rings. The molecule has 0 spiro atoms. The van der Waals surface area contributed by atoms with Gasteiger partial charge in [0.1, 0.15) is 11.3 Å². The molecule has 6 nitrogen and oxygen atoms in total. The van der Waals surface area contributed by atoms with E-state index in [1.54, 1.807) is 0 Å². The molecule has 1 aliphatic heterocycles. The van der Waals surface area contributed by atoms with Crippen LogP contribution in [0.3, 0.4) is 0 Å². The van der Waals surface area contributed by atoms with Crippen molar-refractivity contribution in [3.05, 3.63) is 24.2 Å². The van der Waals surface area contributed by atoms with E-state index in [2.05, 4.69) is 21.8 Å². The summed E-state index contributed by atoms with van der Waals surface area (Å²) in [6, 6.07) is 4.71. The van der Waals surface area contributed by atoms with Gasteiger partial charge in [-0.25, -0.2) is 14.8 Å². The predicted molar refractivity (Wildman–Crippen MR) is 97.5 cm³/mol. The zero-order valence-corrected chi connectivity index (χ0v) is 14.9. The van der Waals surface area contributed by atoms with E-state index in [-0.39, 0.29) is 12.1 Å². The Morgan fingerprint density at radius 3 is 2.96 bits per heavy atom. The van der Waals surface area contributed by atoms with Crippen molar-refractivity contribution in [3.63, 3.8) is 0 Å². The van der Waals surface area contributed by atoms with Gasteiger partial charge in [-0.3, -0.25) is 0 Å². The number of urea groups is 1. The summed E-state index contributed by atoms with van der Waals surface area (Å²) in [5, 5.41) is 3.21. The number of amides is 2. The lowest BCUT2D eigenvalue weighted by Crippen LogP contribution is -2.43. The average molecular weight is 341 g/mol. The minimum Gasteiger partial charge on any atom is -0.335 e. The number of likely N-dealkylation sites (tertiary alicyclic amines) is 1. The minimum absolute atomic E-state index is 0.101. The summed E-state index contributed by atoms with van der Waals surface area (Å²) >= 11 is 0. The lowest BCUT2D eigenvalue weighted by Gasteiger charge is -2.21. The van der Waals surface area contributed by atoms with Gasteiger partial charge in [-0.15, -0.1) is 0 Å². The highest BCUT2D eigenvalue weighted by Gasteiger charge is 2.31. The molecule has 1 atom stereocenters. The Labute approximate surface area is 148 Å². The van der Waals surface area contributed by atoms with Crippen LogP contribution >= 0.6 is 0 Å². The number of rotatable bonds is 4. The second-order valence-electron chi connectivity index (χ2n) is 7.31. The summed E-state index contributed by atoms with van der Waals surface area (Å²) < 4.78 is 2.28. The highest BCUT2D eigenvalue weighted by Crippen LogP contribution is 2.28. The number of nitrogens with zero attached hydrogens (tertiary/aromatic N) is 4. The number of aromatic nitrogens is 3. The van der Waals surface area contributed by atoms with Crippen molar-refractivity contribution < 1.29 is 4.79 Å². The largest absolute Gasteiger partial charge is 0.335 e. The van der Waals surface area contributed by atoms with Gasteiger partial charge in [0.05, 0.1) is 6.04 Å². The van der Waals surface area contributed by atoms with Crippen LogP contribution < -0.4 is 5.32 Å². The molecule has 1 N–H and O–H groups in total. The Bertz CT molecular complexity index is 749. The third-order valence-corrected chi connectivity index (χ3v) is 5.49. The number of aryl methyl sites for hydroxylation is 1. The van der Waals surface area contributed by atoms with E-state index in [9.17, 15) is 4.79 Å². The van der Waals surface area contributed by atoms with Crippen LogP contribution in [0.2, 0.25) is 0 Å². The molecule has 1 saturated heterocycles. The van der Waals surface area contributed by atoms with Gasteiger partial charge in [-0.2, -0.15) is 0 Å². The third kappa shape index (κ3) is 3.22. The van der Waals surface area contributed by atoms with E-state index in [1.807, 2.05) is 23.2 Å². The molecule has 25 heavy (non-hydrogen) atoms. The van der Waals surface area contributed by atoms with Crippen molar-refractivity contribution >= 4 is 17.2 Å². The van der Waals surface area contributed by atoms with Crippen LogP contribution in [0, 0.1) is 0 Å². The summed E-state index contributed by atoms with van der Waals surface area (Å²) in [7, 11) is 0. The molecule has 2 fully saturated rings. The zero-order chi connectivity index (χ0) is 17.2. The van der Waals surface area contributed by atoms with Gasteiger partial charge in [0, 0.05) is 31.7 Å². The molecule has 1 saturated carbocycles. The zero-order valence-electron chi connectivity index (χ0n) is 14.9. The Balaban J connectivity index is 1.52. The van der Waals surface area contributed by atoms with Crippen molar-refractivity contribution in [2.24, 2.45) is 0 Å². The Morgan fingerprint density at radius 2 is 2.16 bits per heavy atom. The fraction of sp³-hybridized carbons (Fsp3) is 0.632. The predicted octanol–water partition coefficient (Wildman–Crippen LogP) is 3.28. The molecule has 2 aromatic heterocycles.